The van der Waals surface area contributed by atoms with E-state index < -0.39 is 0 Å². The highest BCUT2D eigenvalue weighted by atomic mass is 16.5. The van der Waals surface area contributed by atoms with Crippen LogP contribution < -0.4 is 15.8 Å². The highest BCUT2D eigenvalue weighted by Gasteiger charge is 2.09. The summed E-state index contributed by atoms with van der Waals surface area (Å²) < 4.78 is 5.86. The molecule has 0 aromatic heterocycles. The fraction of sp³-hybridized carbons (Fsp3) is 0.235. The minimum atomic E-state index is -0.368. The van der Waals surface area contributed by atoms with Gasteiger partial charge in [-0.3, -0.25) is 4.79 Å². The van der Waals surface area contributed by atoms with Crippen LogP contribution in [0, 0.1) is 0 Å². The van der Waals surface area contributed by atoms with Gasteiger partial charge in [-0.1, -0.05) is 48.5 Å². The van der Waals surface area contributed by atoms with Crippen LogP contribution in [-0.4, -0.2) is 11.9 Å². The van der Waals surface area contributed by atoms with Gasteiger partial charge in [0, 0.05) is 12.1 Å². The van der Waals surface area contributed by atoms with Gasteiger partial charge in [0.15, 0.2) is 0 Å². The van der Waals surface area contributed by atoms with E-state index in [9.17, 15) is 4.79 Å². The molecule has 2 aromatic carbocycles. The quantitative estimate of drug-likeness (QED) is 0.819. The van der Waals surface area contributed by atoms with E-state index in [1.54, 1.807) is 6.92 Å². The molecule has 0 aliphatic rings. The summed E-state index contributed by atoms with van der Waals surface area (Å²) in [5, 5.41) is 3.08. The summed E-state index contributed by atoms with van der Waals surface area (Å²) in [7, 11) is 0. The van der Waals surface area contributed by atoms with Crippen molar-refractivity contribution in [3.8, 4) is 5.75 Å². The van der Waals surface area contributed by atoms with Gasteiger partial charge in [-0.15, -0.1) is 0 Å². The lowest BCUT2D eigenvalue weighted by Crippen LogP contribution is -2.38. The van der Waals surface area contributed by atoms with Gasteiger partial charge in [0.25, 0.3) is 0 Å². The summed E-state index contributed by atoms with van der Waals surface area (Å²) >= 11 is 0. The second-order valence-electron chi connectivity index (χ2n) is 4.89. The Bertz CT molecular complexity index is 584. The molecule has 2 aromatic rings. The SMILES string of the molecule is CC(NCc1ccccc1OCc1ccccc1)C(N)=O. The van der Waals surface area contributed by atoms with E-state index in [1.165, 1.54) is 0 Å². The van der Waals surface area contributed by atoms with Crippen molar-refractivity contribution in [3.63, 3.8) is 0 Å². The van der Waals surface area contributed by atoms with Crippen molar-refractivity contribution >= 4 is 5.91 Å². The number of carbonyl (C=O) groups excluding carboxylic acids is 1. The summed E-state index contributed by atoms with van der Waals surface area (Å²) in [4.78, 5) is 11.0. The van der Waals surface area contributed by atoms with E-state index in [0.29, 0.717) is 13.2 Å². The zero-order valence-corrected chi connectivity index (χ0v) is 12.1. The van der Waals surface area contributed by atoms with Gasteiger partial charge in [0.1, 0.15) is 12.4 Å². The van der Waals surface area contributed by atoms with Crippen LogP contribution in [0.15, 0.2) is 54.6 Å². The Hall–Kier alpha value is -2.33. The number of ether oxygens (including phenoxy) is 1. The van der Waals surface area contributed by atoms with Gasteiger partial charge in [0.2, 0.25) is 5.91 Å². The molecule has 0 radical (unpaired) electrons. The first-order valence-electron chi connectivity index (χ1n) is 6.94. The Balaban J connectivity index is 1.98. The maximum absolute atomic E-state index is 11.0. The van der Waals surface area contributed by atoms with Crippen LogP contribution >= 0.6 is 0 Å². The largest absolute Gasteiger partial charge is 0.489 e. The normalized spacial score (nSPS) is 11.9. The van der Waals surface area contributed by atoms with Crippen molar-refractivity contribution in [2.45, 2.75) is 26.1 Å². The van der Waals surface area contributed by atoms with E-state index in [0.717, 1.165) is 16.9 Å². The standard InChI is InChI=1S/C17H20N2O2/c1-13(17(18)20)19-11-15-9-5-6-10-16(15)21-12-14-7-3-2-4-8-14/h2-10,13,19H,11-12H2,1H3,(H2,18,20). The second kappa shape index (κ2) is 7.45. The van der Waals surface area contributed by atoms with Gasteiger partial charge < -0.3 is 15.8 Å². The fourth-order valence-electron chi connectivity index (χ4n) is 1.89. The Morgan fingerprint density at radius 2 is 1.81 bits per heavy atom. The number of hydrogen-bond acceptors (Lipinski definition) is 3. The van der Waals surface area contributed by atoms with Crippen molar-refractivity contribution < 1.29 is 9.53 Å². The number of para-hydroxylation sites is 1. The lowest BCUT2D eigenvalue weighted by molar-refractivity contribution is -0.119. The molecular formula is C17H20N2O2. The number of hydrogen-bond donors (Lipinski definition) is 2. The molecule has 1 unspecified atom stereocenters. The molecule has 1 amide bonds. The number of rotatable bonds is 7. The maximum atomic E-state index is 11.0. The minimum Gasteiger partial charge on any atom is -0.489 e. The zero-order chi connectivity index (χ0) is 15.1. The van der Waals surface area contributed by atoms with Gasteiger partial charge in [-0.05, 0) is 18.6 Å². The third-order valence-corrected chi connectivity index (χ3v) is 3.24. The number of carbonyl (C=O) groups is 1. The van der Waals surface area contributed by atoms with Crippen LogP contribution in [0.5, 0.6) is 5.75 Å². The minimum absolute atomic E-state index is 0.363. The Kier molecular flexibility index (Phi) is 5.35. The molecule has 4 nitrogen and oxygen atoms in total. The first-order chi connectivity index (χ1) is 10.2. The molecule has 0 saturated carbocycles. The van der Waals surface area contributed by atoms with E-state index in [2.05, 4.69) is 5.32 Å². The Labute approximate surface area is 124 Å². The predicted molar refractivity (Wildman–Crippen MR) is 82.7 cm³/mol. The topological polar surface area (TPSA) is 64.3 Å². The Morgan fingerprint density at radius 1 is 1.14 bits per heavy atom. The highest BCUT2D eigenvalue weighted by molar-refractivity contribution is 5.79. The average Bonchev–Trinajstić information content (AvgIpc) is 2.52. The molecule has 0 saturated heterocycles. The van der Waals surface area contributed by atoms with Crippen molar-refractivity contribution in [1.82, 2.24) is 5.32 Å². The summed E-state index contributed by atoms with van der Waals surface area (Å²) in [6.07, 6.45) is 0. The van der Waals surface area contributed by atoms with Gasteiger partial charge in [-0.2, -0.15) is 0 Å². The average molecular weight is 284 g/mol. The maximum Gasteiger partial charge on any atom is 0.234 e. The van der Waals surface area contributed by atoms with E-state index in [4.69, 9.17) is 10.5 Å². The molecule has 0 spiro atoms. The summed E-state index contributed by atoms with van der Waals surface area (Å²) in [5.74, 6) is 0.447. The van der Waals surface area contributed by atoms with E-state index in [1.807, 2.05) is 54.6 Å². The van der Waals surface area contributed by atoms with Gasteiger partial charge in [0.05, 0.1) is 6.04 Å². The molecule has 3 N–H and O–H groups in total. The van der Waals surface area contributed by atoms with Crippen LogP contribution in [-0.2, 0) is 17.9 Å². The van der Waals surface area contributed by atoms with Crippen LogP contribution in [0.25, 0.3) is 0 Å². The smallest absolute Gasteiger partial charge is 0.234 e. The summed E-state index contributed by atoms with van der Waals surface area (Å²) in [6.45, 7) is 2.80. The van der Waals surface area contributed by atoms with E-state index >= 15 is 0 Å². The number of benzene rings is 2. The molecule has 4 heteroatoms. The Morgan fingerprint density at radius 3 is 2.52 bits per heavy atom. The third-order valence-electron chi connectivity index (χ3n) is 3.24. The number of nitrogens with one attached hydrogen (secondary N) is 1. The third kappa shape index (κ3) is 4.61. The number of nitrogens with two attached hydrogens (primary N) is 1. The first kappa shape index (κ1) is 15.1. The first-order valence-corrected chi connectivity index (χ1v) is 6.94. The molecule has 0 heterocycles. The molecule has 0 bridgehead atoms. The molecule has 110 valence electrons. The van der Waals surface area contributed by atoms with Crippen molar-refractivity contribution in [1.29, 1.82) is 0 Å². The summed E-state index contributed by atoms with van der Waals surface area (Å²) in [5.41, 5.74) is 7.36. The van der Waals surface area contributed by atoms with Gasteiger partial charge in [-0.25, -0.2) is 0 Å². The predicted octanol–water partition coefficient (Wildman–Crippen LogP) is 2.23. The van der Waals surface area contributed by atoms with Gasteiger partial charge >= 0.3 is 0 Å². The van der Waals surface area contributed by atoms with Crippen molar-refractivity contribution in [2.24, 2.45) is 5.73 Å². The lowest BCUT2D eigenvalue weighted by atomic mass is 10.2. The fourth-order valence-corrected chi connectivity index (χ4v) is 1.89. The zero-order valence-electron chi connectivity index (χ0n) is 12.1. The van der Waals surface area contributed by atoms with Crippen LogP contribution in [0.4, 0.5) is 0 Å². The highest BCUT2D eigenvalue weighted by Crippen LogP contribution is 2.19. The monoisotopic (exact) mass is 284 g/mol. The van der Waals surface area contributed by atoms with Crippen molar-refractivity contribution in [2.75, 3.05) is 0 Å². The second-order valence-corrected chi connectivity index (χ2v) is 4.89. The van der Waals surface area contributed by atoms with Crippen molar-refractivity contribution in [3.05, 3.63) is 65.7 Å². The molecule has 2 rings (SSSR count). The summed E-state index contributed by atoms with van der Waals surface area (Å²) in [6, 6.07) is 17.4. The molecule has 0 aliphatic carbocycles. The number of primary amides is 1. The lowest BCUT2D eigenvalue weighted by Gasteiger charge is -2.14. The molecule has 0 fully saturated rings. The van der Waals surface area contributed by atoms with E-state index in [-0.39, 0.29) is 11.9 Å². The van der Waals surface area contributed by atoms with Crippen LogP contribution in [0.2, 0.25) is 0 Å². The molecule has 0 aliphatic heterocycles. The van der Waals surface area contributed by atoms with Crippen LogP contribution in [0.3, 0.4) is 0 Å². The van der Waals surface area contributed by atoms with Crippen LogP contribution in [0.1, 0.15) is 18.1 Å². The molecular weight excluding hydrogens is 264 g/mol. The molecule has 1 atom stereocenters. The molecule has 21 heavy (non-hydrogen) atoms. The number of amides is 1.